The van der Waals surface area contributed by atoms with Crippen molar-refractivity contribution < 1.29 is 4.79 Å². The van der Waals surface area contributed by atoms with Gasteiger partial charge in [-0.1, -0.05) is 41.9 Å². The molecule has 2 heterocycles. The molecule has 3 N–H and O–H groups in total. The van der Waals surface area contributed by atoms with Crippen LogP contribution < -0.4 is 11.1 Å². The van der Waals surface area contributed by atoms with Gasteiger partial charge >= 0.3 is 0 Å². The van der Waals surface area contributed by atoms with Gasteiger partial charge in [-0.3, -0.25) is 4.79 Å². The van der Waals surface area contributed by atoms with E-state index in [0.29, 0.717) is 32.9 Å². The summed E-state index contributed by atoms with van der Waals surface area (Å²) in [6.45, 7) is 3.95. The maximum atomic E-state index is 13.4. The van der Waals surface area contributed by atoms with Gasteiger partial charge in [-0.2, -0.15) is 9.78 Å². The summed E-state index contributed by atoms with van der Waals surface area (Å²) in [6.07, 6.45) is 1.62. The second-order valence-corrected chi connectivity index (χ2v) is 8.52. The number of aryl methyl sites for hydroxylation is 2. The van der Waals surface area contributed by atoms with Crippen molar-refractivity contribution in [3.8, 4) is 0 Å². The van der Waals surface area contributed by atoms with E-state index in [9.17, 15) is 4.79 Å². The van der Waals surface area contributed by atoms with Gasteiger partial charge in [0.15, 0.2) is 5.65 Å². The molecule has 34 heavy (non-hydrogen) atoms. The summed E-state index contributed by atoms with van der Waals surface area (Å²) in [6, 6.07) is 20.5. The van der Waals surface area contributed by atoms with Gasteiger partial charge in [0.2, 0.25) is 0 Å². The van der Waals surface area contributed by atoms with Crippen LogP contribution in [0.5, 0.6) is 0 Å². The average Bonchev–Trinajstić information content (AvgIpc) is 3.05. The van der Waals surface area contributed by atoms with E-state index in [2.05, 4.69) is 10.4 Å². The Balaban J connectivity index is 1.66. The highest BCUT2D eigenvalue weighted by Crippen LogP contribution is 2.29. The van der Waals surface area contributed by atoms with Gasteiger partial charge in [-0.05, 0) is 66.9 Å². The number of para-hydroxylation sites is 2. The van der Waals surface area contributed by atoms with Crippen molar-refractivity contribution in [3.05, 3.63) is 94.0 Å². The molecule has 0 unspecified atom stereocenters. The number of fused-ring (bicyclic) bond motifs is 2. The fraction of sp³-hybridized carbons (Fsp3) is 0.0769. The number of nitrogens with one attached hydrogen (secondary N) is 1. The van der Waals surface area contributed by atoms with E-state index in [1.807, 2.05) is 68.4 Å². The second kappa shape index (κ2) is 8.61. The summed E-state index contributed by atoms with van der Waals surface area (Å²) in [4.78, 5) is 22.8. The lowest BCUT2D eigenvalue weighted by Gasteiger charge is -2.08. The van der Waals surface area contributed by atoms with Crippen LogP contribution in [0.3, 0.4) is 0 Å². The zero-order chi connectivity index (χ0) is 23.8. The molecule has 2 aromatic heterocycles. The van der Waals surface area contributed by atoms with Gasteiger partial charge in [0.1, 0.15) is 16.9 Å². The molecule has 0 bridgehead atoms. The van der Waals surface area contributed by atoms with Crippen molar-refractivity contribution in [2.75, 3.05) is 11.1 Å². The standard InChI is InChI=1S/C26H21ClN6O/c1-15-10-16(2)12-19(11-15)30-26(34)22-23-25(32-21-9-4-3-8-20(21)31-23)33(24(22)28)29-14-17-6-5-7-18(27)13-17/h3-14H,28H2,1-2H3,(H,30,34)/b29-14+. The number of carbonyl (C=O) groups excluding carboxylic acids is 1. The normalized spacial score (nSPS) is 11.5. The third kappa shape index (κ3) is 4.09. The Kier molecular flexibility index (Phi) is 5.47. The maximum absolute atomic E-state index is 13.4. The van der Waals surface area contributed by atoms with Crippen molar-refractivity contribution in [2.45, 2.75) is 13.8 Å². The first-order valence-electron chi connectivity index (χ1n) is 10.7. The third-order valence-corrected chi connectivity index (χ3v) is 5.59. The number of rotatable bonds is 4. The van der Waals surface area contributed by atoms with Gasteiger partial charge in [0, 0.05) is 10.7 Å². The van der Waals surface area contributed by atoms with Crippen molar-refractivity contribution in [1.29, 1.82) is 0 Å². The molecule has 0 aliphatic heterocycles. The van der Waals surface area contributed by atoms with E-state index in [1.54, 1.807) is 18.3 Å². The number of halogens is 1. The van der Waals surface area contributed by atoms with Crippen molar-refractivity contribution in [2.24, 2.45) is 5.10 Å². The van der Waals surface area contributed by atoms with E-state index in [1.165, 1.54) is 4.68 Å². The maximum Gasteiger partial charge on any atom is 0.261 e. The monoisotopic (exact) mass is 468 g/mol. The number of aromatic nitrogens is 3. The van der Waals surface area contributed by atoms with Crippen LogP contribution in [0.1, 0.15) is 27.0 Å². The van der Waals surface area contributed by atoms with Crippen LogP contribution in [0, 0.1) is 13.8 Å². The van der Waals surface area contributed by atoms with Crippen molar-refractivity contribution in [1.82, 2.24) is 14.6 Å². The minimum atomic E-state index is -0.381. The molecule has 0 saturated heterocycles. The van der Waals surface area contributed by atoms with E-state index in [0.717, 1.165) is 16.7 Å². The van der Waals surface area contributed by atoms with Gasteiger partial charge < -0.3 is 11.1 Å². The topological polar surface area (TPSA) is 98.2 Å². The van der Waals surface area contributed by atoms with Crippen LogP contribution >= 0.6 is 11.6 Å². The molecule has 0 aliphatic rings. The minimum Gasteiger partial charge on any atom is -0.383 e. The number of hydrogen-bond donors (Lipinski definition) is 2. The van der Waals surface area contributed by atoms with Gasteiger partial charge in [0.25, 0.3) is 5.91 Å². The Morgan fingerprint density at radius 3 is 2.41 bits per heavy atom. The van der Waals surface area contributed by atoms with Crippen LogP contribution in [0.15, 0.2) is 71.8 Å². The van der Waals surface area contributed by atoms with Gasteiger partial charge in [-0.25, -0.2) is 9.97 Å². The Morgan fingerprint density at radius 1 is 1.00 bits per heavy atom. The van der Waals surface area contributed by atoms with Crippen LogP contribution in [0.2, 0.25) is 5.02 Å². The van der Waals surface area contributed by atoms with Crippen LogP contribution in [0.4, 0.5) is 11.5 Å². The Hall–Kier alpha value is -4.23. The number of benzene rings is 3. The number of nitrogen functional groups attached to an aromatic ring is 1. The highest BCUT2D eigenvalue weighted by atomic mass is 35.5. The SMILES string of the molecule is Cc1cc(C)cc(NC(=O)c2c(N)n(/N=C/c3cccc(Cl)c3)c3nc4ccccc4nc23)c1. The molecule has 0 spiro atoms. The van der Waals surface area contributed by atoms with Crippen molar-refractivity contribution in [3.63, 3.8) is 0 Å². The number of nitrogens with two attached hydrogens (primary N) is 1. The lowest BCUT2D eigenvalue weighted by atomic mass is 10.1. The number of nitrogens with zero attached hydrogens (tertiary/aromatic N) is 4. The number of carbonyl (C=O) groups is 1. The predicted octanol–water partition coefficient (Wildman–Crippen LogP) is 5.57. The molecule has 8 heteroatoms. The first-order valence-corrected chi connectivity index (χ1v) is 11.0. The average molecular weight is 469 g/mol. The molecule has 0 radical (unpaired) electrons. The van der Waals surface area contributed by atoms with Crippen LogP contribution in [0.25, 0.3) is 22.2 Å². The molecule has 0 fully saturated rings. The van der Waals surface area contributed by atoms with E-state index in [-0.39, 0.29) is 17.3 Å². The number of amides is 1. The molecule has 0 atom stereocenters. The fourth-order valence-corrected chi connectivity index (χ4v) is 4.14. The van der Waals surface area contributed by atoms with Gasteiger partial charge in [0.05, 0.1) is 17.2 Å². The molecule has 168 valence electrons. The first-order chi connectivity index (χ1) is 16.4. The summed E-state index contributed by atoms with van der Waals surface area (Å²) in [7, 11) is 0. The highest BCUT2D eigenvalue weighted by molar-refractivity contribution is 6.30. The van der Waals surface area contributed by atoms with E-state index < -0.39 is 0 Å². The number of hydrogen-bond acceptors (Lipinski definition) is 5. The summed E-state index contributed by atoms with van der Waals surface area (Å²) >= 11 is 6.09. The molecule has 5 aromatic rings. The predicted molar refractivity (Wildman–Crippen MR) is 138 cm³/mol. The van der Waals surface area contributed by atoms with Crippen LogP contribution in [-0.2, 0) is 0 Å². The fourth-order valence-electron chi connectivity index (χ4n) is 3.94. The van der Waals surface area contributed by atoms with Crippen LogP contribution in [-0.4, -0.2) is 26.8 Å². The molecule has 1 amide bonds. The molecule has 5 rings (SSSR count). The summed E-state index contributed by atoms with van der Waals surface area (Å²) in [5.41, 5.74) is 12.3. The molecule has 0 saturated carbocycles. The Labute approximate surface area is 200 Å². The lowest BCUT2D eigenvalue weighted by Crippen LogP contribution is -2.14. The smallest absolute Gasteiger partial charge is 0.261 e. The van der Waals surface area contributed by atoms with E-state index >= 15 is 0 Å². The molecule has 7 nitrogen and oxygen atoms in total. The summed E-state index contributed by atoms with van der Waals surface area (Å²) in [5, 5.41) is 8.05. The lowest BCUT2D eigenvalue weighted by molar-refractivity contribution is 0.102. The van der Waals surface area contributed by atoms with E-state index in [4.69, 9.17) is 27.3 Å². The molecular formula is C26H21ClN6O. The zero-order valence-corrected chi connectivity index (χ0v) is 19.3. The molecule has 0 aliphatic carbocycles. The molecule has 3 aromatic carbocycles. The molecular weight excluding hydrogens is 448 g/mol. The third-order valence-electron chi connectivity index (χ3n) is 5.35. The minimum absolute atomic E-state index is 0.144. The van der Waals surface area contributed by atoms with Crippen molar-refractivity contribution >= 4 is 57.4 Å². The summed E-state index contributed by atoms with van der Waals surface area (Å²) in [5.74, 6) is -0.237. The number of anilines is 2. The second-order valence-electron chi connectivity index (χ2n) is 8.09. The first kappa shape index (κ1) is 21.6. The Bertz CT molecular complexity index is 1580. The quantitative estimate of drug-likeness (QED) is 0.337. The largest absolute Gasteiger partial charge is 0.383 e. The zero-order valence-electron chi connectivity index (χ0n) is 18.6. The summed E-state index contributed by atoms with van der Waals surface area (Å²) < 4.78 is 1.44. The highest BCUT2D eigenvalue weighted by Gasteiger charge is 2.24. The Morgan fingerprint density at radius 2 is 1.71 bits per heavy atom. The van der Waals surface area contributed by atoms with Gasteiger partial charge in [-0.15, -0.1) is 0 Å².